The fraction of sp³-hybridized carbons (Fsp3) is 0.0164. The van der Waals surface area contributed by atoms with Crippen molar-refractivity contribution in [2.75, 3.05) is 0 Å². The number of fused-ring (bicyclic) bond motifs is 18. The highest BCUT2D eigenvalue weighted by molar-refractivity contribution is 6.13. The molecule has 13 aromatic rings. The van der Waals surface area contributed by atoms with Crippen LogP contribution in [0.5, 0.6) is 11.5 Å². The highest BCUT2D eigenvalue weighted by atomic mass is 16.5. The van der Waals surface area contributed by atoms with Gasteiger partial charge >= 0.3 is 0 Å². The molecule has 5 aromatic heterocycles. The Bertz CT molecular complexity index is 4350. The molecule has 0 amide bonds. The predicted molar refractivity (Wildman–Crippen MR) is 275 cm³/mol. The molecule has 0 fully saturated rings. The Labute approximate surface area is 394 Å². The largest absolute Gasteiger partial charge is 0.457 e. The molecule has 15 rings (SSSR count). The Morgan fingerprint density at radius 2 is 0.754 bits per heavy atom. The number of benzene rings is 8. The smallest absolute Gasteiger partial charge is 0.188 e. The average Bonchev–Trinajstić information content (AvgIpc) is 4.12. The fourth-order valence-electron chi connectivity index (χ4n) is 11.9. The maximum absolute atomic E-state index is 7.79. The Hall–Kier alpha value is -9.76. The number of rotatable bonds is 3. The zero-order chi connectivity index (χ0) is 45.5. The number of aromatic nitrogens is 5. The van der Waals surface area contributed by atoms with Crippen LogP contribution in [0.4, 0.5) is 11.4 Å². The van der Waals surface area contributed by atoms with E-state index < -0.39 is 5.41 Å². The van der Waals surface area contributed by atoms with Crippen LogP contribution in [0, 0.1) is 13.1 Å². The van der Waals surface area contributed by atoms with Gasteiger partial charge in [0.15, 0.2) is 11.4 Å². The third kappa shape index (κ3) is 4.88. The standard InChI is InChI=1S/C61H33N7O/c1-62-36-19-26-54-44(31-36)45-32-37(63-2)20-27-55(45)68(54)40-22-25-48-58(35-40)69-57-34-39(21-24-47(57)61(48)49-14-9-29-64-59(49)60-50(61)15-10-30-65-60)67-53-18-8-5-13-43(53)46-33-38(23-28-56(46)67)66-51-16-6-3-11-41(51)42-12-4-7-17-52(42)66/h3-35H. The van der Waals surface area contributed by atoms with E-state index in [2.05, 4.69) is 163 Å². The minimum Gasteiger partial charge on any atom is -0.457 e. The van der Waals surface area contributed by atoms with Crippen molar-refractivity contribution in [2.24, 2.45) is 0 Å². The summed E-state index contributed by atoms with van der Waals surface area (Å²) in [6.45, 7) is 15.6. The summed E-state index contributed by atoms with van der Waals surface area (Å²) in [6, 6.07) is 65.9. The average molecular weight is 880 g/mol. The molecule has 0 saturated heterocycles. The molecule has 318 valence electrons. The van der Waals surface area contributed by atoms with Crippen LogP contribution in [0.3, 0.4) is 0 Å². The summed E-state index contributed by atoms with van der Waals surface area (Å²) in [4.78, 5) is 17.5. The normalized spacial score (nSPS) is 13.1. The summed E-state index contributed by atoms with van der Waals surface area (Å²) in [5.41, 5.74) is 15.5. The fourth-order valence-corrected chi connectivity index (χ4v) is 11.9. The van der Waals surface area contributed by atoms with Gasteiger partial charge < -0.3 is 18.4 Å². The van der Waals surface area contributed by atoms with Crippen molar-refractivity contribution in [3.8, 4) is 39.9 Å². The van der Waals surface area contributed by atoms with Gasteiger partial charge in [-0.1, -0.05) is 91.0 Å². The lowest BCUT2D eigenvalue weighted by Crippen LogP contribution is -2.32. The highest BCUT2D eigenvalue weighted by Crippen LogP contribution is 2.62. The summed E-state index contributed by atoms with van der Waals surface area (Å²) < 4.78 is 14.2. The first-order valence-corrected chi connectivity index (χ1v) is 22.9. The zero-order valence-electron chi connectivity index (χ0n) is 36.6. The van der Waals surface area contributed by atoms with Gasteiger partial charge in [0.05, 0.1) is 63.0 Å². The van der Waals surface area contributed by atoms with E-state index >= 15 is 0 Å². The summed E-state index contributed by atoms with van der Waals surface area (Å²) in [5, 5.41) is 6.61. The van der Waals surface area contributed by atoms with Gasteiger partial charge in [-0.25, -0.2) is 9.69 Å². The first kappa shape index (κ1) is 37.5. The summed E-state index contributed by atoms with van der Waals surface area (Å²) in [6.07, 6.45) is 3.69. The molecule has 0 unspecified atom stereocenters. The molecule has 1 aliphatic heterocycles. The molecule has 6 heterocycles. The van der Waals surface area contributed by atoms with Gasteiger partial charge in [-0.05, 0) is 107 Å². The number of nitrogens with zero attached hydrogens (tertiary/aromatic N) is 7. The first-order valence-electron chi connectivity index (χ1n) is 22.9. The van der Waals surface area contributed by atoms with Crippen LogP contribution in [0.15, 0.2) is 200 Å². The molecule has 2 aliphatic rings. The van der Waals surface area contributed by atoms with Crippen molar-refractivity contribution < 1.29 is 4.74 Å². The predicted octanol–water partition coefficient (Wildman–Crippen LogP) is 15.3. The Balaban J connectivity index is 0.964. The Kier molecular flexibility index (Phi) is 7.41. The van der Waals surface area contributed by atoms with E-state index in [1.54, 1.807) is 0 Å². The van der Waals surface area contributed by atoms with Gasteiger partial charge in [0.2, 0.25) is 0 Å². The minimum absolute atomic E-state index is 0.547. The van der Waals surface area contributed by atoms with Crippen LogP contribution in [0.1, 0.15) is 22.3 Å². The van der Waals surface area contributed by atoms with E-state index in [9.17, 15) is 0 Å². The first-order chi connectivity index (χ1) is 34.1. The summed E-state index contributed by atoms with van der Waals surface area (Å²) in [7, 11) is 0. The number of pyridine rings is 2. The van der Waals surface area contributed by atoms with Crippen LogP contribution >= 0.6 is 0 Å². The minimum atomic E-state index is -0.791. The molecule has 0 atom stereocenters. The Morgan fingerprint density at radius 1 is 0.362 bits per heavy atom. The van der Waals surface area contributed by atoms with Crippen LogP contribution in [0.2, 0.25) is 0 Å². The van der Waals surface area contributed by atoms with Gasteiger partial charge in [0, 0.05) is 74.3 Å². The van der Waals surface area contributed by atoms with Crippen LogP contribution in [-0.2, 0) is 5.41 Å². The van der Waals surface area contributed by atoms with Crippen molar-refractivity contribution in [1.29, 1.82) is 0 Å². The molecule has 69 heavy (non-hydrogen) atoms. The maximum atomic E-state index is 7.79. The van der Waals surface area contributed by atoms with E-state index in [0.717, 1.165) is 100 Å². The molecule has 1 spiro atoms. The quantitative estimate of drug-likeness (QED) is 0.166. The monoisotopic (exact) mass is 879 g/mol. The van der Waals surface area contributed by atoms with Gasteiger partial charge in [-0.15, -0.1) is 0 Å². The molecule has 8 heteroatoms. The topological polar surface area (TPSA) is 58.5 Å². The molecule has 0 radical (unpaired) electrons. The lowest BCUT2D eigenvalue weighted by molar-refractivity contribution is 0.436. The zero-order valence-corrected chi connectivity index (χ0v) is 36.6. The number of hydrogen-bond acceptors (Lipinski definition) is 3. The summed E-state index contributed by atoms with van der Waals surface area (Å²) >= 11 is 0. The summed E-state index contributed by atoms with van der Waals surface area (Å²) in [5.74, 6) is 1.45. The molecule has 8 nitrogen and oxygen atoms in total. The number of ether oxygens (including phenoxy) is 1. The second-order valence-corrected chi connectivity index (χ2v) is 17.9. The number of para-hydroxylation sites is 3. The highest BCUT2D eigenvalue weighted by Gasteiger charge is 2.52. The molecular formula is C61H33N7O. The third-order valence-corrected chi connectivity index (χ3v) is 14.6. The molecule has 0 N–H and O–H groups in total. The number of hydrogen-bond donors (Lipinski definition) is 0. The second kappa shape index (κ2) is 13.6. The van der Waals surface area contributed by atoms with Crippen LogP contribution in [0.25, 0.3) is 104 Å². The lowest BCUT2D eigenvalue weighted by Gasteiger charge is -2.39. The van der Waals surface area contributed by atoms with Crippen molar-refractivity contribution in [2.45, 2.75) is 5.41 Å². The van der Waals surface area contributed by atoms with Crippen molar-refractivity contribution in [3.63, 3.8) is 0 Å². The van der Waals surface area contributed by atoms with Crippen molar-refractivity contribution in [1.82, 2.24) is 23.7 Å². The van der Waals surface area contributed by atoms with E-state index in [0.29, 0.717) is 17.1 Å². The third-order valence-electron chi connectivity index (χ3n) is 14.6. The molecule has 0 saturated carbocycles. The maximum Gasteiger partial charge on any atom is 0.188 e. The SMILES string of the molecule is [C-]#[N+]c1ccc2c(c1)c1cc([N+]#[C-])ccc1n2-c1ccc2c(c1)Oc1cc(-n3c4ccccc4c4cc(-n5c6ccccc6c6ccccc65)ccc43)ccc1C21c2cccnc2-c2ncccc21. The second-order valence-electron chi connectivity index (χ2n) is 17.9. The van der Waals surface area contributed by atoms with Gasteiger partial charge in [0.25, 0.3) is 0 Å². The van der Waals surface area contributed by atoms with E-state index in [1.165, 1.54) is 21.8 Å². The molecule has 1 aliphatic carbocycles. The lowest BCUT2D eigenvalue weighted by atomic mass is 9.66. The van der Waals surface area contributed by atoms with E-state index in [4.69, 9.17) is 27.8 Å². The van der Waals surface area contributed by atoms with Gasteiger partial charge in [0.1, 0.15) is 11.5 Å². The van der Waals surface area contributed by atoms with Crippen molar-refractivity contribution >= 4 is 76.8 Å². The molecule has 8 aromatic carbocycles. The van der Waals surface area contributed by atoms with Gasteiger partial charge in [-0.3, -0.25) is 9.97 Å². The molecule has 0 bridgehead atoms. The Morgan fingerprint density at radius 3 is 1.23 bits per heavy atom. The van der Waals surface area contributed by atoms with E-state index in [1.807, 2.05) is 60.9 Å². The molecular weight excluding hydrogens is 847 g/mol. The van der Waals surface area contributed by atoms with E-state index in [-0.39, 0.29) is 0 Å². The van der Waals surface area contributed by atoms with Crippen molar-refractivity contribution in [3.05, 3.63) is 246 Å². The van der Waals surface area contributed by atoms with Gasteiger partial charge in [-0.2, -0.15) is 0 Å². The van der Waals surface area contributed by atoms with Crippen LogP contribution < -0.4 is 4.74 Å². The van der Waals surface area contributed by atoms with Crippen LogP contribution in [-0.4, -0.2) is 23.7 Å².